The number of thioether (sulfide) groups is 2. The molecule has 1 nitrogen and oxygen atoms in total. The summed E-state index contributed by atoms with van der Waals surface area (Å²) >= 11 is 3.30. The van der Waals surface area contributed by atoms with Crippen LogP contribution in [0.25, 0.3) is 0 Å². The molecular formula is C14H16OS2. The van der Waals surface area contributed by atoms with E-state index in [2.05, 4.69) is 25.1 Å². The average molecular weight is 264 g/mol. The van der Waals surface area contributed by atoms with Crippen molar-refractivity contribution in [1.29, 1.82) is 0 Å². The summed E-state index contributed by atoms with van der Waals surface area (Å²) in [6.45, 7) is 2.10. The summed E-state index contributed by atoms with van der Waals surface area (Å²) in [7, 11) is 0. The summed E-state index contributed by atoms with van der Waals surface area (Å²) in [5, 5.41) is 0. The smallest absolute Gasteiger partial charge is 0.143 e. The predicted octanol–water partition coefficient (Wildman–Crippen LogP) is 4.52. The first kappa shape index (κ1) is 14.1. The van der Waals surface area contributed by atoms with Crippen molar-refractivity contribution in [3.05, 3.63) is 52.3 Å². The first-order chi connectivity index (χ1) is 8.31. The van der Waals surface area contributed by atoms with Crippen molar-refractivity contribution in [2.24, 2.45) is 0 Å². The van der Waals surface area contributed by atoms with Gasteiger partial charge in [0.2, 0.25) is 0 Å². The summed E-state index contributed by atoms with van der Waals surface area (Å²) in [5.41, 5.74) is 0. The molecule has 0 N–H and O–H groups in total. The van der Waals surface area contributed by atoms with E-state index in [4.69, 9.17) is 0 Å². The summed E-state index contributed by atoms with van der Waals surface area (Å²) in [6, 6.07) is 10.2. The predicted molar refractivity (Wildman–Crippen MR) is 78.3 cm³/mol. The van der Waals surface area contributed by atoms with Crippen LogP contribution in [0.2, 0.25) is 0 Å². The van der Waals surface area contributed by atoms with Gasteiger partial charge in [0.1, 0.15) is 6.29 Å². The Labute approximate surface area is 111 Å². The van der Waals surface area contributed by atoms with E-state index in [-0.39, 0.29) is 0 Å². The highest BCUT2D eigenvalue weighted by Crippen LogP contribution is 2.36. The van der Waals surface area contributed by atoms with Crippen LogP contribution in [0.15, 0.2) is 57.2 Å². The Hall–Kier alpha value is -0.930. The molecule has 0 bridgehead atoms. The van der Waals surface area contributed by atoms with Crippen LogP contribution in [0.4, 0.5) is 0 Å². The van der Waals surface area contributed by atoms with Crippen LogP contribution >= 0.6 is 23.5 Å². The van der Waals surface area contributed by atoms with Crippen molar-refractivity contribution in [2.75, 3.05) is 6.26 Å². The molecule has 0 aliphatic carbocycles. The molecule has 1 rings (SSSR count). The second-order valence-corrected chi connectivity index (χ2v) is 5.23. The van der Waals surface area contributed by atoms with Crippen LogP contribution in [0.1, 0.15) is 13.3 Å². The highest BCUT2D eigenvalue weighted by molar-refractivity contribution is 8.08. The van der Waals surface area contributed by atoms with Gasteiger partial charge in [0.25, 0.3) is 0 Å². The third-order valence-corrected chi connectivity index (χ3v) is 4.08. The standard InChI is InChI=1S/C14H16OS2/c1-3-7-14(13(16-2)10-11-15)17-12-8-5-4-6-9-12/h4-11H,3H2,1-2H3. The topological polar surface area (TPSA) is 17.1 Å². The molecule has 0 radical (unpaired) electrons. The number of rotatable bonds is 6. The first-order valence-electron chi connectivity index (χ1n) is 5.44. The van der Waals surface area contributed by atoms with E-state index in [0.717, 1.165) is 22.5 Å². The largest absolute Gasteiger partial charge is 0.299 e. The molecule has 1 aromatic rings. The molecule has 0 fully saturated rings. The zero-order chi connectivity index (χ0) is 12.5. The number of carbonyl (C=O) groups excluding carboxylic acids is 1. The summed E-state index contributed by atoms with van der Waals surface area (Å²) in [4.78, 5) is 14.0. The van der Waals surface area contributed by atoms with Crippen molar-refractivity contribution in [2.45, 2.75) is 18.2 Å². The fraction of sp³-hybridized carbons (Fsp3) is 0.214. The van der Waals surface area contributed by atoms with E-state index >= 15 is 0 Å². The zero-order valence-electron chi connectivity index (χ0n) is 10.1. The molecule has 0 saturated heterocycles. The normalized spacial score (nSPS) is 12.6. The summed E-state index contributed by atoms with van der Waals surface area (Å²) < 4.78 is 0. The van der Waals surface area contributed by atoms with Gasteiger partial charge in [-0.2, -0.15) is 0 Å². The number of allylic oxidation sites excluding steroid dienone is 2. The molecular weight excluding hydrogens is 248 g/mol. The van der Waals surface area contributed by atoms with E-state index in [9.17, 15) is 4.79 Å². The Morgan fingerprint density at radius 3 is 2.47 bits per heavy atom. The van der Waals surface area contributed by atoms with Gasteiger partial charge in [-0.1, -0.05) is 43.0 Å². The maximum atomic E-state index is 10.6. The Balaban J connectivity index is 2.91. The Kier molecular flexibility index (Phi) is 6.82. The maximum absolute atomic E-state index is 10.6. The summed E-state index contributed by atoms with van der Waals surface area (Å²) in [6.07, 6.45) is 7.59. The van der Waals surface area contributed by atoms with Gasteiger partial charge in [-0.15, -0.1) is 11.8 Å². The number of benzene rings is 1. The van der Waals surface area contributed by atoms with Gasteiger partial charge in [0.05, 0.1) is 0 Å². The van der Waals surface area contributed by atoms with Crippen molar-refractivity contribution < 1.29 is 4.79 Å². The molecule has 17 heavy (non-hydrogen) atoms. The van der Waals surface area contributed by atoms with E-state index in [1.807, 2.05) is 24.5 Å². The third-order valence-electron chi connectivity index (χ3n) is 2.04. The molecule has 0 aliphatic rings. The van der Waals surface area contributed by atoms with Crippen LogP contribution < -0.4 is 0 Å². The lowest BCUT2D eigenvalue weighted by molar-refractivity contribution is -0.104. The van der Waals surface area contributed by atoms with Crippen LogP contribution in [-0.2, 0) is 4.79 Å². The lowest BCUT2D eigenvalue weighted by Crippen LogP contribution is -1.83. The Morgan fingerprint density at radius 1 is 1.24 bits per heavy atom. The lowest BCUT2D eigenvalue weighted by Gasteiger charge is -2.08. The van der Waals surface area contributed by atoms with Crippen LogP contribution in [0.3, 0.4) is 0 Å². The van der Waals surface area contributed by atoms with Gasteiger partial charge in [-0.25, -0.2) is 0 Å². The van der Waals surface area contributed by atoms with Crippen LogP contribution in [-0.4, -0.2) is 12.5 Å². The van der Waals surface area contributed by atoms with Crippen molar-refractivity contribution in [3.63, 3.8) is 0 Å². The van der Waals surface area contributed by atoms with Crippen molar-refractivity contribution in [3.8, 4) is 0 Å². The molecule has 0 atom stereocenters. The van der Waals surface area contributed by atoms with Gasteiger partial charge in [0.15, 0.2) is 0 Å². The zero-order valence-corrected chi connectivity index (χ0v) is 11.7. The van der Waals surface area contributed by atoms with Crippen LogP contribution in [0, 0.1) is 0 Å². The molecule has 90 valence electrons. The van der Waals surface area contributed by atoms with Crippen molar-refractivity contribution in [1.82, 2.24) is 0 Å². The molecule has 0 aliphatic heterocycles. The lowest BCUT2D eigenvalue weighted by atomic mass is 10.4. The molecule has 1 aromatic carbocycles. The fourth-order valence-corrected chi connectivity index (χ4v) is 3.12. The quantitative estimate of drug-likeness (QED) is 0.325. The minimum absolute atomic E-state index is 0.848. The van der Waals surface area contributed by atoms with Gasteiger partial charge >= 0.3 is 0 Å². The maximum Gasteiger partial charge on any atom is 0.143 e. The molecule has 0 saturated carbocycles. The van der Waals surface area contributed by atoms with Gasteiger partial charge in [-0.05, 0) is 30.9 Å². The number of hydrogen-bond acceptors (Lipinski definition) is 3. The Bertz CT molecular complexity index is 407. The Morgan fingerprint density at radius 2 is 1.94 bits per heavy atom. The second kappa shape index (κ2) is 8.20. The minimum Gasteiger partial charge on any atom is -0.299 e. The first-order valence-corrected chi connectivity index (χ1v) is 7.48. The highest BCUT2D eigenvalue weighted by atomic mass is 32.2. The molecule has 3 heteroatoms. The van der Waals surface area contributed by atoms with Gasteiger partial charge in [-0.3, -0.25) is 4.79 Å². The third kappa shape index (κ3) is 4.84. The molecule has 0 unspecified atom stereocenters. The number of aldehydes is 1. The van der Waals surface area contributed by atoms with E-state index in [0.29, 0.717) is 0 Å². The fourth-order valence-electron chi connectivity index (χ4n) is 1.31. The number of carbonyl (C=O) groups is 1. The number of hydrogen-bond donors (Lipinski definition) is 0. The van der Waals surface area contributed by atoms with E-state index in [1.165, 1.54) is 4.90 Å². The van der Waals surface area contributed by atoms with E-state index < -0.39 is 0 Å². The SMILES string of the molecule is CCC=C(Sc1ccccc1)C(=CC=O)SC. The van der Waals surface area contributed by atoms with Crippen molar-refractivity contribution >= 4 is 29.8 Å². The molecule has 0 aromatic heterocycles. The van der Waals surface area contributed by atoms with Gasteiger partial charge < -0.3 is 0 Å². The van der Waals surface area contributed by atoms with Crippen LogP contribution in [0.5, 0.6) is 0 Å². The molecule has 0 spiro atoms. The second-order valence-electron chi connectivity index (χ2n) is 3.26. The average Bonchev–Trinajstić information content (AvgIpc) is 2.37. The molecule has 0 heterocycles. The molecule has 0 amide bonds. The van der Waals surface area contributed by atoms with Gasteiger partial charge in [0, 0.05) is 14.7 Å². The summed E-state index contributed by atoms with van der Waals surface area (Å²) in [5.74, 6) is 0. The van der Waals surface area contributed by atoms with E-state index in [1.54, 1.807) is 29.6 Å². The highest BCUT2D eigenvalue weighted by Gasteiger charge is 2.05. The minimum atomic E-state index is 0.848. The monoisotopic (exact) mass is 264 g/mol.